The summed E-state index contributed by atoms with van der Waals surface area (Å²) in [5, 5.41) is 3.90. The van der Waals surface area contributed by atoms with Gasteiger partial charge in [0, 0.05) is 11.6 Å². The van der Waals surface area contributed by atoms with Gasteiger partial charge in [-0.3, -0.25) is 0 Å². The topological polar surface area (TPSA) is 52.0 Å². The molecule has 3 nitrogen and oxygen atoms in total. The molecule has 0 radical (unpaired) electrons. The lowest BCUT2D eigenvalue weighted by Crippen LogP contribution is -1.92. The summed E-state index contributed by atoms with van der Waals surface area (Å²) in [6.45, 7) is 7.59. The zero-order valence-electron chi connectivity index (χ0n) is 8.52. The van der Waals surface area contributed by atoms with Crippen LogP contribution < -0.4 is 5.73 Å². The summed E-state index contributed by atoms with van der Waals surface area (Å²) in [6.07, 6.45) is 8.94. The largest absolute Gasteiger partial charge is 0.359 e. The molecular formula is C12H14N2O. The highest BCUT2D eigenvalue weighted by Gasteiger charge is 2.04. The molecule has 15 heavy (non-hydrogen) atoms. The van der Waals surface area contributed by atoms with Gasteiger partial charge in [0.05, 0.1) is 6.54 Å². The summed E-state index contributed by atoms with van der Waals surface area (Å²) >= 11 is 0. The predicted molar refractivity (Wildman–Crippen MR) is 61.9 cm³/mol. The normalized spacial score (nSPS) is 11.9. The second-order valence-corrected chi connectivity index (χ2v) is 2.84. The first-order valence-corrected chi connectivity index (χ1v) is 4.59. The maximum absolute atomic E-state index is 5.43. The molecule has 0 amide bonds. The van der Waals surface area contributed by atoms with Crippen molar-refractivity contribution in [1.29, 1.82) is 0 Å². The first kappa shape index (κ1) is 11.2. The third-order valence-electron chi connectivity index (χ3n) is 1.77. The molecule has 0 unspecified atom stereocenters. The second-order valence-electron chi connectivity index (χ2n) is 2.84. The van der Waals surface area contributed by atoms with Gasteiger partial charge in [-0.15, -0.1) is 0 Å². The minimum Gasteiger partial charge on any atom is -0.359 e. The van der Waals surface area contributed by atoms with Crippen molar-refractivity contribution in [3.63, 3.8) is 0 Å². The van der Waals surface area contributed by atoms with Crippen molar-refractivity contribution in [2.75, 3.05) is 0 Å². The molecule has 1 heterocycles. The van der Waals surface area contributed by atoms with Crippen LogP contribution in [0.25, 0.3) is 5.57 Å². The van der Waals surface area contributed by atoms with E-state index in [0.29, 0.717) is 12.3 Å². The van der Waals surface area contributed by atoms with E-state index in [1.165, 1.54) is 0 Å². The van der Waals surface area contributed by atoms with Crippen molar-refractivity contribution in [3.8, 4) is 0 Å². The Morgan fingerprint density at radius 2 is 2.27 bits per heavy atom. The molecule has 0 saturated heterocycles. The van der Waals surface area contributed by atoms with E-state index in [9.17, 15) is 0 Å². The van der Waals surface area contributed by atoms with E-state index in [-0.39, 0.29) is 0 Å². The molecule has 3 heteroatoms. The number of hydrogen-bond acceptors (Lipinski definition) is 3. The number of aromatic nitrogens is 1. The zero-order chi connectivity index (χ0) is 11.1. The van der Waals surface area contributed by atoms with Gasteiger partial charge >= 0.3 is 0 Å². The summed E-state index contributed by atoms with van der Waals surface area (Å²) in [7, 11) is 0. The van der Waals surface area contributed by atoms with Crippen LogP contribution in [-0.2, 0) is 6.54 Å². The quantitative estimate of drug-likeness (QED) is 0.746. The van der Waals surface area contributed by atoms with E-state index >= 15 is 0 Å². The van der Waals surface area contributed by atoms with E-state index in [1.807, 2.05) is 24.3 Å². The first-order chi connectivity index (χ1) is 7.31. The Balaban J connectivity index is 2.98. The molecule has 0 aliphatic rings. The van der Waals surface area contributed by atoms with Crippen molar-refractivity contribution in [1.82, 2.24) is 5.16 Å². The van der Waals surface area contributed by atoms with Crippen LogP contribution >= 0.6 is 0 Å². The Hall–Kier alpha value is -1.87. The number of hydrogen-bond donors (Lipinski definition) is 1. The molecule has 0 atom stereocenters. The van der Waals surface area contributed by atoms with Crippen LogP contribution in [0.4, 0.5) is 0 Å². The Morgan fingerprint density at radius 3 is 2.80 bits per heavy atom. The van der Waals surface area contributed by atoms with Gasteiger partial charge < -0.3 is 10.3 Å². The van der Waals surface area contributed by atoms with Crippen molar-refractivity contribution < 1.29 is 4.52 Å². The van der Waals surface area contributed by atoms with Crippen LogP contribution in [0.3, 0.4) is 0 Å². The van der Waals surface area contributed by atoms with E-state index in [4.69, 9.17) is 10.3 Å². The van der Waals surface area contributed by atoms with Gasteiger partial charge in [-0.05, 0) is 0 Å². The third kappa shape index (κ3) is 3.07. The van der Waals surface area contributed by atoms with Gasteiger partial charge in [-0.1, -0.05) is 48.7 Å². The maximum atomic E-state index is 5.43. The molecule has 0 aliphatic carbocycles. The lowest BCUT2D eigenvalue weighted by atomic mass is 10.1. The van der Waals surface area contributed by atoms with Gasteiger partial charge in [-0.25, -0.2) is 0 Å². The molecule has 1 aromatic rings. The Labute approximate surface area is 89.3 Å². The number of allylic oxidation sites excluding steroid dienone is 6. The first-order valence-electron chi connectivity index (χ1n) is 4.59. The van der Waals surface area contributed by atoms with Crippen LogP contribution in [0.1, 0.15) is 11.5 Å². The maximum Gasteiger partial charge on any atom is 0.150 e. The fraction of sp³-hybridized carbons (Fsp3) is 0.0833. The SMILES string of the molecule is C=C/C=C\C(=C/C=C)c1cc(CN)on1. The molecule has 0 spiro atoms. The second kappa shape index (κ2) is 5.78. The molecule has 0 bridgehead atoms. The Kier molecular flexibility index (Phi) is 4.31. The molecule has 0 saturated carbocycles. The van der Waals surface area contributed by atoms with Gasteiger partial charge in [-0.2, -0.15) is 0 Å². The lowest BCUT2D eigenvalue weighted by molar-refractivity contribution is 0.383. The number of rotatable bonds is 5. The van der Waals surface area contributed by atoms with Crippen LogP contribution in [0.5, 0.6) is 0 Å². The zero-order valence-corrected chi connectivity index (χ0v) is 8.52. The summed E-state index contributed by atoms with van der Waals surface area (Å²) in [6, 6.07) is 1.81. The van der Waals surface area contributed by atoms with E-state index in [2.05, 4.69) is 18.3 Å². The Morgan fingerprint density at radius 1 is 1.47 bits per heavy atom. The minimum atomic E-state index is 0.347. The van der Waals surface area contributed by atoms with Crippen molar-refractivity contribution in [3.05, 3.63) is 61.1 Å². The van der Waals surface area contributed by atoms with Crippen molar-refractivity contribution in [2.45, 2.75) is 6.54 Å². The van der Waals surface area contributed by atoms with E-state index in [0.717, 1.165) is 11.3 Å². The van der Waals surface area contributed by atoms with Crippen molar-refractivity contribution >= 4 is 5.57 Å². The molecule has 1 rings (SSSR count). The summed E-state index contributed by atoms with van der Waals surface area (Å²) < 4.78 is 5.01. The summed E-state index contributed by atoms with van der Waals surface area (Å²) in [4.78, 5) is 0. The Bertz CT molecular complexity index is 400. The van der Waals surface area contributed by atoms with Gasteiger partial charge in [0.25, 0.3) is 0 Å². The highest BCUT2D eigenvalue weighted by molar-refractivity contribution is 5.73. The van der Waals surface area contributed by atoms with E-state index < -0.39 is 0 Å². The minimum absolute atomic E-state index is 0.347. The number of nitrogens with zero attached hydrogens (tertiary/aromatic N) is 1. The summed E-state index contributed by atoms with van der Waals surface area (Å²) in [5.74, 6) is 0.659. The highest BCUT2D eigenvalue weighted by atomic mass is 16.5. The van der Waals surface area contributed by atoms with E-state index in [1.54, 1.807) is 12.2 Å². The average molecular weight is 202 g/mol. The van der Waals surface area contributed by atoms with Crippen LogP contribution in [-0.4, -0.2) is 5.16 Å². The standard InChI is InChI=1S/C12H14N2O/c1-3-5-7-10(6-4-2)12-8-11(9-13)15-14-12/h3-8H,1-2,9,13H2/b7-5-,10-6+. The van der Waals surface area contributed by atoms with Crippen LogP contribution in [0.15, 0.2) is 54.1 Å². The highest BCUT2D eigenvalue weighted by Crippen LogP contribution is 2.16. The monoisotopic (exact) mass is 202 g/mol. The molecule has 0 aliphatic heterocycles. The van der Waals surface area contributed by atoms with Crippen LogP contribution in [0, 0.1) is 0 Å². The fourth-order valence-corrected chi connectivity index (χ4v) is 1.07. The van der Waals surface area contributed by atoms with Gasteiger partial charge in [0.15, 0.2) is 5.76 Å². The molecular weight excluding hydrogens is 188 g/mol. The molecule has 2 N–H and O–H groups in total. The van der Waals surface area contributed by atoms with Gasteiger partial charge in [0.1, 0.15) is 5.69 Å². The third-order valence-corrected chi connectivity index (χ3v) is 1.77. The number of nitrogens with two attached hydrogens (primary N) is 1. The molecule has 0 fully saturated rings. The molecule has 1 aromatic heterocycles. The molecule has 78 valence electrons. The summed E-state index contributed by atoms with van der Waals surface area (Å²) in [5.41, 5.74) is 7.08. The fourth-order valence-electron chi connectivity index (χ4n) is 1.07. The molecule has 0 aromatic carbocycles. The lowest BCUT2D eigenvalue weighted by Gasteiger charge is -1.92. The smallest absolute Gasteiger partial charge is 0.150 e. The van der Waals surface area contributed by atoms with Crippen molar-refractivity contribution in [2.24, 2.45) is 5.73 Å². The predicted octanol–water partition coefficient (Wildman–Crippen LogP) is 2.44. The van der Waals surface area contributed by atoms with Crippen LogP contribution in [0.2, 0.25) is 0 Å². The average Bonchev–Trinajstić information content (AvgIpc) is 2.72. The van der Waals surface area contributed by atoms with Gasteiger partial charge in [0.2, 0.25) is 0 Å².